The SMILES string of the molecule is CCCNc1snnc1COc1cc(OC)cc(OC)c1. The van der Waals surface area contributed by atoms with Crippen LogP contribution in [0.5, 0.6) is 17.2 Å². The summed E-state index contributed by atoms with van der Waals surface area (Å²) in [6.45, 7) is 3.35. The van der Waals surface area contributed by atoms with Gasteiger partial charge in [-0.25, -0.2) is 0 Å². The van der Waals surface area contributed by atoms with E-state index >= 15 is 0 Å². The van der Waals surface area contributed by atoms with Crippen molar-refractivity contribution in [2.75, 3.05) is 26.1 Å². The molecule has 0 aliphatic heterocycles. The molecule has 114 valence electrons. The van der Waals surface area contributed by atoms with Crippen LogP contribution in [0.2, 0.25) is 0 Å². The number of anilines is 1. The van der Waals surface area contributed by atoms with E-state index in [1.54, 1.807) is 20.3 Å². The Kier molecular flexibility index (Phi) is 5.62. The minimum Gasteiger partial charge on any atom is -0.496 e. The van der Waals surface area contributed by atoms with Gasteiger partial charge < -0.3 is 19.5 Å². The Morgan fingerprint density at radius 2 is 1.76 bits per heavy atom. The lowest BCUT2D eigenvalue weighted by molar-refractivity contribution is 0.296. The molecule has 0 aliphatic rings. The van der Waals surface area contributed by atoms with E-state index in [0.29, 0.717) is 23.9 Å². The van der Waals surface area contributed by atoms with Gasteiger partial charge in [0, 0.05) is 36.3 Å². The largest absolute Gasteiger partial charge is 0.496 e. The van der Waals surface area contributed by atoms with Gasteiger partial charge in [0.05, 0.1) is 14.2 Å². The first-order chi connectivity index (χ1) is 10.3. The molecule has 1 N–H and O–H groups in total. The van der Waals surface area contributed by atoms with E-state index in [1.165, 1.54) is 11.5 Å². The average molecular weight is 309 g/mol. The zero-order chi connectivity index (χ0) is 15.1. The van der Waals surface area contributed by atoms with Crippen molar-refractivity contribution < 1.29 is 14.2 Å². The van der Waals surface area contributed by atoms with Crippen LogP contribution in [0.1, 0.15) is 19.0 Å². The maximum atomic E-state index is 5.76. The monoisotopic (exact) mass is 309 g/mol. The molecule has 0 fully saturated rings. The van der Waals surface area contributed by atoms with E-state index < -0.39 is 0 Å². The van der Waals surface area contributed by atoms with Crippen molar-refractivity contribution in [2.45, 2.75) is 20.0 Å². The highest BCUT2D eigenvalue weighted by Crippen LogP contribution is 2.28. The summed E-state index contributed by atoms with van der Waals surface area (Å²) in [5.41, 5.74) is 0.801. The first-order valence-corrected chi connectivity index (χ1v) is 7.45. The van der Waals surface area contributed by atoms with Crippen molar-refractivity contribution in [1.29, 1.82) is 0 Å². The molecule has 0 aliphatic carbocycles. The van der Waals surface area contributed by atoms with Gasteiger partial charge in [-0.2, -0.15) is 0 Å². The van der Waals surface area contributed by atoms with Crippen molar-refractivity contribution in [3.05, 3.63) is 23.9 Å². The Balaban J connectivity index is 2.04. The van der Waals surface area contributed by atoms with Crippen molar-refractivity contribution in [1.82, 2.24) is 9.59 Å². The number of nitrogens with zero attached hydrogens (tertiary/aromatic N) is 2. The molecule has 0 amide bonds. The molecule has 1 heterocycles. The van der Waals surface area contributed by atoms with Crippen LogP contribution >= 0.6 is 11.5 Å². The second kappa shape index (κ2) is 7.68. The Morgan fingerprint density at radius 1 is 1.10 bits per heavy atom. The van der Waals surface area contributed by atoms with Gasteiger partial charge in [-0.3, -0.25) is 0 Å². The molecule has 6 nitrogen and oxygen atoms in total. The molecule has 0 spiro atoms. The van der Waals surface area contributed by atoms with Crippen molar-refractivity contribution in [3.8, 4) is 17.2 Å². The zero-order valence-corrected chi connectivity index (χ0v) is 13.2. The van der Waals surface area contributed by atoms with Crippen molar-refractivity contribution >= 4 is 16.5 Å². The van der Waals surface area contributed by atoms with E-state index in [0.717, 1.165) is 23.7 Å². The Hall–Kier alpha value is -2.02. The van der Waals surface area contributed by atoms with Crippen molar-refractivity contribution in [3.63, 3.8) is 0 Å². The number of hydrogen-bond donors (Lipinski definition) is 1. The minimum absolute atomic E-state index is 0.346. The molecule has 21 heavy (non-hydrogen) atoms. The number of aromatic nitrogens is 2. The van der Waals surface area contributed by atoms with E-state index in [1.807, 2.05) is 12.1 Å². The molecular weight excluding hydrogens is 290 g/mol. The molecular formula is C14H19N3O3S. The highest BCUT2D eigenvalue weighted by atomic mass is 32.1. The van der Waals surface area contributed by atoms with Crippen LogP contribution in [0, 0.1) is 0 Å². The van der Waals surface area contributed by atoms with Gasteiger partial charge in [0.2, 0.25) is 0 Å². The second-order valence-electron chi connectivity index (χ2n) is 4.31. The first-order valence-electron chi connectivity index (χ1n) is 6.67. The summed E-state index contributed by atoms with van der Waals surface area (Å²) in [7, 11) is 3.21. The molecule has 0 atom stereocenters. The number of benzene rings is 1. The van der Waals surface area contributed by atoms with Crippen LogP contribution in [0.25, 0.3) is 0 Å². The molecule has 0 unspecified atom stereocenters. The van der Waals surface area contributed by atoms with E-state index in [9.17, 15) is 0 Å². The topological polar surface area (TPSA) is 65.5 Å². The van der Waals surface area contributed by atoms with Gasteiger partial charge in [0.25, 0.3) is 0 Å². The van der Waals surface area contributed by atoms with Gasteiger partial charge in [-0.15, -0.1) is 5.10 Å². The Bertz CT molecular complexity index is 552. The van der Waals surface area contributed by atoms with Crippen LogP contribution in [0.15, 0.2) is 18.2 Å². The summed E-state index contributed by atoms with van der Waals surface area (Å²) in [5.74, 6) is 2.04. The van der Waals surface area contributed by atoms with Gasteiger partial charge in [-0.05, 0) is 6.42 Å². The van der Waals surface area contributed by atoms with E-state index in [-0.39, 0.29) is 0 Å². The maximum absolute atomic E-state index is 5.76. The molecule has 0 saturated heterocycles. The highest BCUT2D eigenvalue weighted by molar-refractivity contribution is 7.10. The Morgan fingerprint density at radius 3 is 2.38 bits per heavy atom. The maximum Gasteiger partial charge on any atom is 0.136 e. The van der Waals surface area contributed by atoms with Gasteiger partial charge >= 0.3 is 0 Å². The van der Waals surface area contributed by atoms with Gasteiger partial charge in [0.1, 0.15) is 34.6 Å². The predicted molar refractivity (Wildman–Crippen MR) is 82.6 cm³/mol. The van der Waals surface area contributed by atoms with Crippen LogP contribution in [0.3, 0.4) is 0 Å². The van der Waals surface area contributed by atoms with Gasteiger partial charge in [-0.1, -0.05) is 11.4 Å². The first kappa shape index (κ1) is 15.4. The molecule has 2 aromatic rings. The van der Waals surface area contributed by atoms with Crippen LogP contribution in [-0.4, -0.2) is 30.4 Å². The number of methoxy groups -OCH3 is 2. The van der Waals surface area contributed by atoms with Crippen LogP contribution in [0.4, 0.5) is 5.00 Å². The summed E-state index contributed by atoms with van der Waals surface area (Å²) < 4.78 is 20.1. The van der Waals surface area contributed by atoms with Gasteiger partial charge in [0.15, 0.2) is 0 Å². The summed E-state index contributed by atoms with van der Waals surface area (Å²) in [6, 6.07) is 5.41. The number of nitrogens with one attached hydrogen (secondary N) is 1. The third-order valence-electron chi connectivity index (χ3n) is 2.79. The summed E-state index contributed by atoms with van der Waals surface area (Å²) in [6.07, 6.45) is 1.05. The predicted octanol–water partition coefficient (Wildman–Crippen LogP) is 2.96. The summed E-state index contributed by atoms with van der Waals surface area (Å²) in [5, 5.41) is 8.33. The molecule has 0 saturated carbocycles. The van der Waals surface area contributed by atoms with Crippen LogP contribution < -0.4 is 19.5 Å². The second-order valence-corrected chi connectivity index (χ2v) is 5.07. The molecule has 0 bridgehead atoms. The van der Waals surface area contributed by atoms with E-state index in [4.69, 9.17) is 14.2 Å². The molecule has 1 aromatic heterocycles. The summed E-state index contributed by atoms with van der Waals surface area (Å²) in [4.78, 5) is 0. The third kappa shape index (κ3) is 4.22. The fourth-order valence-electron chi connectivity index (χ4n) is 1.69. The quantitative estimate of drug-likeness (QED) is 0.809. The van der Waals surface area contributed by atoms with Crippen LogP contribution in [-0.2, 0) is 6.61 Å². The third-order valence-corrected chi connectivity index (χ3v) is 3.52. The minimum atomic E-state index is 0.346. The fourth-order valence-corrected chi connectivity index (χ4v) is 2.28. The van der Waals surface area contributed by atoms with E-state index in [2.05, 4.69) is 21.8 Å². The lowest BCUT2D eigenvalue weighted by atomic mass is 10.3. The standard InChI is InChI=1S/C14H19N3O3S/c1-4-5-15-14-13(16-17-21-14)9-20-12-7-10(18-2)6-11(8-12)19-3/h6-8,15H,4-5,9H2,1-3H3. The highest BCUT2D eigenvalue weighted by Gasteiger charge is 2.09. The molecule has 2 rings (SSSR count). The average Bonchev–Trinajstić information content (AvgIpc) is 2.97. The van der Waals surface area contributed by atoms with Crippen molar-refractivity contribution in [2.24, 2.45) is 0 Å². The lowest BCUT2D eigenvalue weighted by Gasteiger charge is -2.10. The number of ether oxygens (including phenoxy) is 3. The molecule has 1 aromatic carbocycles. The lowest BCUT2D eigenvalue weighted by Crippen LogP contribution is -2.04. The molecule has 0 radical (unpaired) electrons. The number of hydrogen-bond acceptors (Lipinski definition) is 7. The Labute approximate surface area is 128 Å². The smallest absolute Gasteiger partial charge is 0.136 e. The number of rotatable bonds is 8. The summed E-state index contributed by atoms with van der Waals surface area (Å²) >= 11 is 1.34. The normalized spacial score (nSPS) is 10.2. The fraction of sp³-hybridized carbons (Fsp3) is 0.429. The molecule has 7 heteroatoms. The zero-order valence-electron chi connectivity index (χ0n) is 12.4.